The van der Waals surface area contributed by atoms with Crippen LogP contribution in [-0.2, 0) is 12.8 Å². The molecule has 1 aromatic carbocycles. The van der Waals surface area contributed by atoms with Crippen molar-refractivity contribution in [2.75, 3.05) is 11.9 Å². The van der Waals surface area contributed by atoms with Gasteiger partial charge in [0.2, 0.25) is 0 Å². The van der Waals surface area contributed by atoms with Crippen LogP contribution in [0.2, 0.25) is 0 Å². The number of aryl methyl sites for hydroxylation is 1. The molecule has 0 amide bonds. The van der Waals surface area contributed by atoms with Crippen LogP contribution in [0, 0.1) is 0 Å². The first-order chi connectivity index (χ1) is 10.3. The Morgan fingerprint density at radius 2 is 2.00 bits per heavy atom. The van der Waals surface area contributed by atoms with Gasteiger partial charge in [-0.2, -0.15) is 0 Å². The summed E-state index contributed by atoms with van der Waals surface area (Å²) in [5.41, 5.74) is 3.87. The number of nitrogens with zero attached hydrogens (tertiary/aromatic N) is 3. The van der Waals surface area contributed by atoms with Crippen molar-refractivity contribution < 1.29 is 0 Å². The fourth-order valence-corrected chi connectivity index (χ4v) is 3.32. The maximum absolute atomic E-state index is 4.51. The smallest absolute Gasteiger partial charge is 0.142 e. The molecule has 1 aliphatic carbocycles. The zero-order valence-corrected chi connectivity index (χ0v) is 12.1. The Kier molecular flexibility index (Phi) is 2.88. The highest BCUT2D eigenvalue weighted by atomic mass is 15.2. The van der Waals surface area contributed by atoms with Gasteiger partial charge in [0, 0.05) is 19.3 Å². The third-order valence-corrected chi connectivity index (χ3v) is 4.54. The Balaban J connectivity index is 1.67. The van der Waals surface area contributed by atoms with Crippen molar-refractivity contribution >= 4 is 16.9 Å². The lowest BCUT2D eigenvalue weighted by Crippen LogP contribution is -2.37. The number of fused-ring (bicyclic) bond motifs is 2. The van der Waals surface area contributed by atoms with E-state index in [2.05, 4.69) is 57.2 Å². The average molecular weight is 278 g/mol. The van der Waals surface area contributed by atoms with Gasteiger partial charge in [-0.25, -0.2) is 9.97 Å². The first-order valence-electron chi connectivity index (χ1n) is 7.40. The lowest BCUT2D eigenvalue weighted by Gasteiger charge is -2.33. The summed E-state index contributed by atoms with van der Waals surface area (Å²) in [5.74, 6) is 1.02. The van der Waals surface area contributed by atoms with Crippen LogP contribution < -0.4 is 4.90 Å². The van der Waals surface area contributed by atoms with Crippen LogP contribution in [-0.4, -0.2) is 28.0 Å². The molecule has 2 aromatic heterocycles. The Labute approximate surface area is 123 Å². The lowest BCUT2D eigenvalue weighted by atomic mass is 9.87. The maximum Gasteiger partial charge on any atom is 0.142 e. The highest BCUT2D eigenvalue weighted by Crippen LogP contribution is 2.29. The zero-order valence-electron chi connectivity index (χ0n) is 12.1. The molecule has 0 spiro atoms. The average Bonchev–Trinajstić information content (AvgIpc) is 3.02. The molecule has 0 fully saturated rings. The van der Waals surface area contributed by atoms with E-state index in [-0.39, 0.29) is 0 Å². The molecule has 1 atom stereocenters. The summed E-state index contributed by atoms with van der Waals surface area (Å²) in [6.07, 6.45) is 6.97. The molecule has 0 aliphatic heterocycles. The van der Waals surface area contributed by atoms with Gasteiger partial charge < -0.3 is 9.88 Å². The summed E-state index contributed by atoms with van der Waals surface area (Å²) in [6.45, 7) is 0. The number of likely N-dealkylation sites (N-methyl/N-ethyl adjacent to an activating group) is 1. The summed E-state index contributed by atoms with van der Waals surface area (Å²) in [6, 6.07) is 11.3. The molecule has 0 bridgehead atoms. The van der Waals surface area contributed by atoms with Gasteiger partial charge in [0.15, 0.2) is 0 Å². The summed E-state index contributed by atoms with van der Waals surface area (Å²) in [5, 5.41) is 1.10. The quantitative estimate of drug-likeness (QED) is 0.784. The molecule has 4 nitrogen and oxygen atoms in total. The second kappa shape index (κ2) is 4.88. The summed E-state index contributed by atoms with van der Waals surface area (Å²) < 4.78 is 0. The molecule has 1 N–H and O–H groups in total. The van der Waals surface area contributed by atoms with Gasteiger partial charge in [0.25, 0.3) is 0 Å². The van der Waals surface area contributed by atoms with Crippen molar-refractivity contribution in [3.05, 3.63) is 54.0 Å². The van der Waals surface area contributed by atoms with E-state index < -0.39 is 0 Å². The summed E-state index contributed by atoms with van der Waals surface area (Å²) >= 11 is 0. The third-order valence-electron chi connectivity index (χ3n) is 4.54. The van der Waals surface area contributed by atoms with E-state index in [0.29, 0.717) is 6.04 Å². The molecular weight excluding hydrogens is 260 g/mol. The SMILES string of the molecule is CN(c1ncnc2[nH]ccc12)C1CCc2ccccc2C1. The predicted molar refractivity (Wildman–Crippen MR) is 84.5 cm³/mol. The highest BCUT2D eigenvalue weighted by Gasteiger charge is 2.23. The summed E-state index contributed by atoms with van der Waals surface area (Å²) in [7, 11) is 2.15. The van der Waals surface area contributed by atoms with E-state index >= 15 is 0 Å². The number of nitrogens with one attached hydrogen (secondary N) is 1. The number of benzene rings is 1. The number of hydrogen-bond acceptors (Lipinski definition) is 3. The van der Waals surface area contributed by atoms with Crippen molar-refractivity contribution in [1.82, 2.24) is 15.0 Å². The Bertz CT molecular complexity index is 777. The molecule has 1 unspecified atom stereocenters. The highest BCUT2D eigenvalue weighted by molar-refractivity contribution is 5.87. The van der Waals surface area contributed by atoms with Gasteiger partial charge in [-0.1, -0.05) is 24.3 Å². The largest absolute Gasteiger partial charge is 0.356 e. The van der Waals surface area contributed by atoms with E-state index in [4.69, 9.17) is 0 Å². The molecule has 2 heterocycles. The Hall–Kier alpha value is -2.36. The normalized spacial score (nSPS) is 17.7. The van der Waals surface area contributed by atoms with Gasteiger partial charge >= 0.3 is 0 Å². The maximum atomic E-state index is 4.51. The van der Waals surface area contributed by atoms with Gasteiger partial charge in [-0.3, -0.25) is 0 Å². The van der Waals surface area contributed by atoms with Crippen LogP contribution in [0.5, 0.6) is 0 Å². The fraction of sp³-hybridized carbons (Fsp3) is 0.294. The van der Waals surface area contributed by atoms with E-state index in [0.717, 1.165) is 29.7 Å². The zero-order chi connectivity index (χ0) is 14.2. The lowest BCUT2D eigenvalue weighted by molar-refractivity contribution is 0.545. The van der Waals surface area contributed by atoms with Gasteiger partial charge in [0.05, 0.1) is 5.39 Å². The summed E-state index contributed by atoms with van der Waals surface area (Å²) in [4.78, 5) is 14.2. The molecule has 3 aromatic rings. The number of aromatic amines is 1. The van der Waals surface area contributed by atoms with Gasteiger partial charge in [-0.15, -0.1) is 0 Å². The van der Waals surface area contributed by atoms with Gasteiger partial charge in [0.1, 0.15) is 17.8 Å². The second-order valence-corrected chi connectivity index (χ2v) is 5.71. The van der Waals surface area contributed by atoms with Crippen LogP contribution in [0.25, 0.3) is 11.0 Å². The van der Waals surface area contributed by atoms with E-state index in [9.17, 15) is 0 Å². The number of H-pyrrole nitrogens is 1. The van der Waals surface area contributed by atoms with E-state index in [1.807, 2.05) is 6.20 Å². The molecule has 0 saturated heterocycles. The van der Waals surface area contributed by atoms with Crippen molar-refractivity contribution in [3.63, 3.8) is 0 Å². The third kappa shape index (κ3) is 2.07. The fourth-order valence-electron chi connectivity index (χ4n) is 3.32. The monoisotopic (exact) mass is 278 g/mol. The standard InChI is InChI=1S/C17H18N4/c1-21(17-15-8-9-18-16(15)19-11-20-17)14-7-6-12-4-2-3-5-13(12)10-14/h2-5,8-9,11,14H,6-7,10H2,1H3,(H,18,19,20). The minimum Gasteiger partial charge on any atom is -0.356 e. The van der Waals surface area contributed by atoms with E-state index in [1.54, 1.807) is 6.33 Å². The number of hydrogen-bond donors (Lipinski definition) is 1. The first kappa shape index (κ1) is 12.4. The molecule has 4 rings (SSSR count). The van der Waals surface area contributed by atoms with Crippen molar-refractivity contribution in [2.24, 2.45) is 0 Å². The minimum atomic E-state index is 0.493. The molecule has 1 aliphatic rings. The molecule has 0 radical (unpaired) electrons. The molecule has 0 saturated carbocycles. The second-order valence-electron chi connectivity index (χ2n) is 5.71. The van der Waals surface area contributed by atoms with Crippen LogP contribution in [0.15, 0.2) is 42.9 Å². The van der Waals surface area contributed by atoms with Crippen LogP contribution in [0.3, 0.4) is 0 Å². The Morgan fingerprint density at radius 3 is 2.90 bits per heavy atom. The number of rotatable bonds is 2. The van der Waals surface area contributed by atoms with Crippen LogP contribution in [0.4, 0.5) is 5.82 Å². The first-order valence-corrected chi connectivity index (χ1v) is 7.40. The molecule has 106 valence electrons. The topological polar surface area (TPSA) is 44.8 Å². The van der Waals surface area contributed by atoms with E-state index in [1.165, 1.54) is 17.5 Å². The number of anilines is 1. The minimum absolute atomic E-state index is 0.493. The van der Waals surface area contributed by atoms with Crippen molar-refractivity contribution in [3.8, 4) is 0 Å². The van der Waals surface area contributed by atoms with Crippen molar-refractivity contribution in [1.29, 1.82) is 0 Å². The molecule has 21 heavy (non-hydrogen) atoms. The van der Waals surface area contributed by atoms with Crippen molar-refractivity contribution in [2.45, 2.75) is 25.3 Å². The molecular formula is C17H18N4. The Morgan fingerprint density at radius 1 is 1.14 bits per heavy atom. The van der Waals surface area contributed by atoms with Gasteiger partial charge in [-0.05, 0) is 36.5 Å². The van der Waals surface area contributed by atoms with Crippen LogP contribution in [0.1, 0.15) is 17.5 Å². The molecule has 4 heteroatoms. The predicted octanol–water partition coefficient (Wildman–Crippen LogP) is 2.95. The van der Waals surface area contributed by atoms with Crippen LogP contribution >= 0.6 is 0 Å². The number of aromatic nitrogens is 3.